The highest BCUT2D eigenvalue weighted by Crippen LogP contribution is 2.38. The number of nitrogens with zero attached hydrogens (tertiary/aromatic N) is 1. The lowest BCUT2D eigenvalue weighted by molar-refractivity contribution is -0.870. The summed E-state index contributed by atoms with van der Waals surface area (Å²) in [5, 5.41) is 0. The first-order valence-corrected chi connectivity index (χ1v) is 27.3. The van der Waals surface area contributed by atoms with Gasteiger partial charge in [-0.25, -0.2) is 0 Å². The summed E-state index contributed by atoms with van der Waals surface area (Å²) in [7, 11) is 1.13. The molecule has 0 aromatic heterocycles. The number of esters is 2. The molecule has 0 N–H and O–H groups in total. The van der Waals surface area contributed by atoms with Crippen LogP contribution in [0.3, 0.4) is 0 Å². The first kappa shape index (κ1) is 59.2. The molecule has 0 aromatic rings. The lowest BCUT2D eigenvalue weighted by Crippen LogP contribution is -2.37. The van der Waals surface area contributed by atoms with Crippen molar-refractivity contribution in [3.8, 4) is 0 Å². The number of ether oxygens (including phenoxy) is 3. The van der Waals surface area contributed by atoms with Gasteiger partial charge in [-0.05, 0) is 51.4 Å². The van der Waals surface area contributed by atoms with E-state index in [4.69, 9.17) is 23.3 Å². The highest BCUT2D eigenvalue weighted by atomic mass is 31.2. The molecule has 1 aliphatic rings. The Hall–Kier alpha value is -1.81. The molecule has 0 bridgehead atoms. The number of carbonyl (C=O) groups is 2. The summed E-state index contributed by atoms with van der Waals surface area (Å²) in [6, 6.07) is 0. The van der Waals surface area contributed by atoms with E-state index in [1.807, 2.05) is 21.1 Å². The van der Waals surface area contributed by atoms with Crippen molar-refractivity contribution in [2.45, 2.75) is 238 Å². The standard InChI is InChI=1S/C52H96NO9P/c1-6-8-10-12-14-16-17-18-19-20-21-22-23-24-25-26-27-29-31-33-38-42-51(54)58-46-48(47-60-63(56,57)59-45-44-53(3,4)5)61-52(55)43-39-35-34-37-41-50-49(62-50)40-36-32-30-28-15-13-11-9-7-2/h15,28,32,34,36-37,48-50H,6-14,16-27,29-31,33,35,38-47H2,1-5H3/b28-15-,36-32-,37-34-/t48-,49?,50?/m1/s1. The number of phosphoric ester groups is 1. The Morgan fingerprint density at radius 2 is 1.02 bits per heavy atom. The van der Waals surface area contributed by atoms with Gasteiger partial charge in [-0.2, -0.15) is 0 Å². The zero-order chi connectivity index (χ0) is 46.1. The molecular formula is C52H96NO9P. The molecule has 4 atom stereocenters. The van der Waals surface area contributed by atoms with E-state index in [1.54, 1.807) is 0 Å². The predicted octanol–water partition coefficient (Wildman–Crippen LogP) is 13.6. The molecule has 3 unspecified atom stereocenters. The normalized spacial score (nSPS) is 16.9. The summed E-state index contributed by atoms with van der Waals surface area (Å²) < 4.78 is 39.8. The van der Waals surface area contributed by atoms with E-state index in [9.17, 15) is 19.0 Å². The number of likely N-dealkylation sites (N-methyl/N-ethyl adjacent to an activating group) is 1. The van der Waals surface area contributed by atoms with E-state index >= 15 is 0 Å². The number of quaternary nitrogens is 1. The van der Waals surface area contributed by atoms with Crippen LogP contribution in [0.5, 0.6) is 0 Å². The number of epoxide rings is 1. The molecule has 0 aromatic carbocycles. The Kier molecular flexibility index (Phi) is 38.0. The predicted molar refractivity (Wildman–Crippen MR) is 258 cm³/mol. The first-order valence-electron chi connectivity index (χ1n) is 25.8. The fourth-order valence-electron chi connectivity index (χ4n) is 7.40. The lowest BCUT2D eigenvalue weighted by Gasteiger charge is -2.28. The second-order valence-electron chi connectivity index (χ2n) is 18.9. The van der Waals surface area contributed by atoms with E-state index < -0.39 is 32.5 Å². The van der Waals surface area contributed by atoms with Gasteiger partial charge in [0, 0.05) is 12.8 Å². The number of unbranched alkanes of at least 4 members (excludes halogenated alkanes) is 24. The molecule has 0 saturated carbocycles. The summed E-state index contributed by atoms with van der Waals surface area (Å²) in [4.78, 5) is 37.7. The van der Waals surface area contributed by atoms with Gasteiger partial charge in [0.25, 0.3) is 7.82 Å². The maximum absolute atomic E-state index is 12.7. The van der Waals surface area contributed by atoms with Crippen LogP contribution in [0.4, 0.5) is 0 Å². The van der Waals surface area contributed by atoms with Crippen molar-refractivity contribution >= 4 is 19.8 Å². The van der Waals surface area contributed by atoms with Gasteiger partial charge in [0.1, 0.15) is 19.8 Å². The molecular weight excluding hydrogens is 814 g/mol. The molecule has 1 heterocycles. The molecule has 63 heavy (non-hydrogen) atoms. The maximum Gasteiger partial charge on any atom is 0.306 e. The van der Waals surface area contributed by atoms with E-state index in [0.717, 1.165) is 44.9 Å². The smallest absolute Gasteiger partial charge is 0.306 e. The second kappa shape index (κ2) is 40.5. The van der Waals surface area contributed by atoms with Gasteiger partial charge in [0.05, 0.1) is 40.0 Å². The van der Waals surface area contributed by atoms with E-state index in [0.29, 0.717) is 23.9 Å². The average Bonchev–Trinajstić information content (AvgIpc) is 4.00. The molecule has 11 heteroatoms. The average molecular weight is 910 g/mol. The summed E-state index contributed by atoms with van der Waals surface area (Å²) >= 11 is 0. The van der Waals surface area contributed by atoms with E-state index in [1.165, 1.54) is 135 Å². The Labute approximate surface area is 386 Å². The van der Waals surface area contributed by atoms with Gasteiger partial charge < -0.3 is 32.6 Å². The third kappa shape index (κ3) is 41.4. The Morgan fingerprint density at radius 1 is 0.571 bits per heavy atom. The van der Waals surface area contributed by atoms with Crippen LogP contribution in [0, 0.1) is 0 Å². The van der Waals surface area contributed by atoms with Crippen LogP contribution < -0.4 is 4.89 Å². The van der Waals surface area contributed by atoms with Crippen LogP contribution in [0.2, 0.25) is 0 Å². The van der Waals surface area contributed by atoms with Crippen LogP contribution in [0.1, 0.15) is 219 Å². The Bertz CT molecular complexity index is 1230. The van der Waals surface area contributed by atoms with Crippen LogP contribution in [0.25, 0.3) is 0 Å². The summed E-state index contributed by atoms with van der Waals surface area (Å²) in [5.74, 6) is -0.899. The quantitative estimate of drug-likeness (QED) is 0.0147. The molecule has 1 fully saturated rings. The molecule has 368 valence electrons. The topological polar surface area (TPSA) is 124 Å². The number of allylic oxidation sites excluding steroid dienone is 4. The summed E-state index contributed by atoms with van der Waals surface area (Å²) in [6.45, 7) is 4.15. The van der Waals surface area contributed by atoms with Gasteiger partial charge in [-0.1, -0.05) is 192 Å². The Balaban J connectivity index is 2.24. The monoisotopic (exact) mass is 910 g/mol. The lowest BCUT2D eigenvalue weighted by atomic mass is 10.0. The molecule has 1 saturated heterocycles. The highest BCUT2D eigenvalue weighted by Gasteiger charge is 2.36. The van der Waals surface area contributed by atoms with Crippen molar-refractivity contribution in [3.05, 3.63) is 36.5 Å². The highest BCUT2D eigenvalue weighted by molar-refractivity contribution is 7.45. The van der Waals surface area contributed by atoms with Gasteiger partial charge in [0.15, 0.2) is 6.10 Å². The minimum Gasteiger partial charge on any atom is -0.756 e. The van der Waals surface area contributed by atoms with Crippen molar-refractivity contribution in [1.29, 1.82) is 0 Å². The number of hydrogen-bond donors (Lipinski definition) is 0. The molecule has 10 nitrogen and oxygen atoms in total. The number of phosphoric acid groups is 1. The fourth-order valence-corrected chi connectivity index (χ4v) is 8.12. The summed E-state index contributed by atoms with van der Waals surface area (Å²) in [5.41, 5.74) is 0. The van der Waals surface area contributed by atoms with Crippen molar-refractivity contribution in [2.75, 3.05) is 47.5 Å². The van der Waals surface area contributed by atoms with Gasteiger partial charge in [0.2, 0.25) is 0 Å². The Morgan fingerprint density at radius 3 is 1.56 bits per heavy atom. The van der Waals surface area contributed by atoms with Gasteiger partial charge in [-0.3, -0.25) is 14.2 Å². The van der Waals surface area contributed by atoms with Crippen molar-refractivity contribution < 1.29 is 46.8 Å². The largest absolute Gasteiger partial charge is 0.756 e. The number of carbonyl (C=O) groups excluding carboxylic acids is 2. The zero-order valence-corrected chi connectivity index (χ0v) is 42.1. The fraction of sp³-hybridized carbons (Fsp3) is 0.846. The first-order chi connectivity index (χ1) is 30.5. The SMILES string of the molecule is CCCCC/C=C\C/C=C\CC1OC1C/C=C\CCCC(=O)O[C@H](COC(=O)CCCCCCCCCCCCCCCCCCCCCCC)COP(=O)([O-])OCC[N+](C)(C)C. The van der Waals surface area contributed by atoms with Gasteiger partial charge in [-0.15, -0.1) is 0 Å². The second-order valence-corrected chi connectivity index (χ2v) is 20.3. The zero-order valence-electron chi connectivity index (χ0n) is 41.2. The van der Waals surface area contributed by atoms with Gasteiger partial charge >= 0.3 is 11.9 Å². The molecule has 0 amide bonds. The minimum atomic E-state index is -4.65. The number of rotatable bonds is 46. The van der Waals surface area contributed by atoms with Crippen molar-refractivity contribution in [3.63, 3.8) is 0 Å². The van der Waals surface area contributed by atoms with Crippen LogP contribution in [0.15, 0.2) is 36.5 Å². The number of hydrogen-bond acceptors (Lipinski definition) is 9. The molecule has 0 radical (unpaired) electrons. The van der Waals surface area contributed by atoms with E-state index in [2.05, 4.69) is 50.3 Å². The van der Waals surface area contributed by atoms with Crippen molar-refractivity contribution in [2.24, 2.45) is 0 Å². The summed E-state index contributed by atoms with van der Waals surface area (Å²) in [6.07, 6.45) is 49.2. The van der Waals surface area contributed by atoms with Crippen molar-refractivity contribution in [1.82, 2.24) is 0 Å². The molecule has 1 aliphatic heterocycles. The third-order valence-corrected chi connectivity index (χ3v) is 12.5. The van der Waals surface area contributed by atoms with Crippen LogP contribution in [-0.4, -0.2) is 82.2 Å². The molecule has 0 aliphatic carbocycles. The van der Waals surface area contributed by atoms with Crippen LogP contribution in [-0.2, 0) is 37.4 Å². The molecule has 0 spiro atoms. The third-order valence-electron chi connectivity index (χ3n) is 11.6. The van der Waals surface area contributed by atoms with Crippen LogP contribution >= 0.6 is 7.82 Å². The molecule has 1 rings (SSSR count). The minimum absolute atomic E-state index is 0.0432. The maximum atomic E-state index is 12.7. The van der Waals surface area contributed by atoms with E-state index in [-0.39, 0.29) is 38.3 Å².